The van der Waals surface area contributed by atoms with Gasteiger partial charge >= 0.3 is 76.1 Å². The maximum absolute atomic E-state index is 5.45. The molecule has 1 aliphatic heterocycles. The summed E-state index contributed by atoms with van der Waals surface area (Å²) >= 11 is -1.93. The van der Waals surface area contributed by atoms with E-state index < -0.39 is 15.7 Å². The van der Waals surface area contributed by atoms with Crippen molar-refractivity contribution in [3.8, 4) is 11.5 Å². The van der Waals surface area contributed by atoms with E-state index in [0.717, 1.165) is 11.5 Å². The van der Waals surface area contributed by atoms with E-state index in [0.29, 0.717) is 6.61 Å². The molecule has 0 saturated heterocycles. The van der Waals surface area contributed by atoms with Gasteiger partial charge in [-0.1, -0.05) is 0 Å². The normalized spacial score (nSPS) is 15.1. The van der Waals surface area contributed by atoms with Crippen LogP contribution in [0.1, 0.15) is 6.92 Å². The Morgan fingerprint density at radius 1 is 1.25 bits per heavy atom. The van der Waals surface area contributed by atoms with Gasteiger partial charge in [0.15, 0.2) is 0 Å². The molecule has 0 radical (unpaired) electrons. The summed E-state index contributed by atoms with van der Waals surface area (Å²) in [4.78, 5) is 0. The second-order valence-electron chi connectivity index (χ2n) is 2.27. The molecule has 0 N–H and O–H groups in total. The Labute approximate surface area is 76.6 Å². The molecule has 0 aromatic heterocycles. The van der Waals surface area contributed by atoms with Crippen molar-refractivity contribution in [1.82, 2.24) is 0 Å². The summed E-state index contributed by atoms with van der Waals surface area (Å²) in [7, 11) is 0. The molecule has 1 aromatic rings. The van der Waals surface area contributed by atoms with Gasteiger partial charge in [0.25, 0.3) is 0 Å². The zero-order valence-electron chi connectivity index (χ0n) is 6.69. The predicted molar refractivity (Wildman–Crippen MR) is 45.1 cm³/mol. The van der Waals surface area contributed by atoms with Crippen LogP contribution >= 0.6 is 0 Å². The van der Waals surface area contributed by atoms with Gasteiger partial charge in [0, 0.05) is 0 Å². The van der Waals surface area contributed by atoms with Crippen LogP contribution in [0.4, 0.5) is 0 Å². The van der Waals surface area contributed by atoms with E-state index in [4.69, 9.17) is 11.2 Å². The van der Waals surface area contributed by atoms with Crippen molar-refractivity contribution in [2.45, 2.75) is 6.92 Å². The average Bonchev–Trinajstić information content (AvgIpc) is 2.47. The third kappa shape index (κ3) is 1.43. The molecule has 1 aromatic carbocycles. The van der Waals surface area contributed by atoms with Gasteiger partial charge < -0.3 is 0 Å². The van der Waals surface area contributed by atoms with Crippen LogP contribution in [0, 0.1) is 0 Å². The third-order valence-corrected chi connectivity index (χ3v) is 3.86. The minimum absolute atomic E-state index is 0.647. The number of para-hydroxylation sites is 2. The first-order valence-corrected chi connectivity index (χ1v) is 6.08. The van der Waals surface area contributed by atoms with Crippen molar-refractivity contribution in [1.29, 1.82) is 0 Å². The fourth-order valence-corrected chi connectivity index (χ4v) is 2.99. The van der Waals surface area contributed by atoms with Crippen molar-refractivity contribution in [3.63, 3.8) is 0 Å². The Morgan fingerprint density at radius 2 is 1.83 bits per heavy atom. The SMILES string of the molecule is CCO[As]1Oc2ccccc2O1. The van der Waals surface area contributed by atoms with Crippen molar-refractivity contribution >= 4 is 15.7 Å². The Kier molecular flexibility index (Phi) is 2.24. The first-order valence-electron chi connectivity index (χ1n) is 3.78. The van der Waals surface area contributed by atoms with Crippen molar-refractivity contribution in [2.24, 2.45) is 0 Å². The number of hydrogen-bond acceptors (Lipinski definition) is 3. The molecular weight excluding hydrogens is 219 g/mol. The van der Waals surface area contributed by atoms with Crippen LogP contribution in [0.3, 0.4) is 0 Å². The molecule has 1 heterocycles. The second-order valence-corrected chi connectivity index (χ2v) is 4.52. The van der Waals surface area contributed by atoms with E-state index in [1.54, 1.807) is 0 Å². The Morgan fingerprint density at radius 3 is 2.33 bits per heavy atom. The van der Waals surface area contributed by atoms with E-state index in [2.05, 4.69) is 0 Å². The van der Waals surface area contributed by atoms with Crippen LogP contribution in [0.5, 0.6) is 11.5 Å². The van der Waals surface area contributed by atoms with Crippen molar-refractivity contribution in [3.05, 3.63) is 24.3 Å². The summed E-state index contributed by atoms with van der Waals surface area (Å²) in [6.45, 7) is 2.58. The van der Waals surface area contributed by atoms with E-state index in [1.807, 2.05) is 31.2 Å². The Hall–Kier alpha value is -0.662. The summed E-state index contributed by atoms with van der Waals surface area (Å²) < 4.78 is 16.2. The molecule has 0 aliphatic carbocycles. The molecule has 64 valence electrons. The van der Waals surface area contributed by atoms with Gasteiger partial charge in [-0.25, -0.2) is 0 Å². The fourth-order valence-electron chi connectivity index (χ4n) is 0.938. The monoisotopic (exact) mass is 228 g/mol. The molecule has 2 rings (SSSR count). The molecule has 0 spiro atoms. The molecule has 12 heavy (non-hydrogen) atoms. The number of hydrogen-bond donors (Lipinski definition) is 0. The van der Waals surface area contributed by atoms with Crippen LogP contribution in [-0.2, 0) is 3.73 Å². The topological polar surface area (TPSA) is 27.7 Å². The molecule has 0 unspecified atom stereocenters. The van der Waals surface area contributed by atoms with Crippen LogP contribution in [0.15, 0.2) is 24.3 Å². The predicted octanol–water partition coefficient (Wildman–Crippen LogP) is 1.48. The van der Waals surface area contributed by atoms with Gasteiger partial charge in [0.05, 0.1) is 0 Å². The van der Waals surface area contributed by atoms with E-state index >= 15 is 0 Å². The van der Waals surface area contributed by atoms with Gasteiger partial charge in [-0.05, 0) is 0 Å². The Bertz CT molecular complexity index is 252. The Balaban J connectivity index is 2.11. The zero-order chi connectivity index (χ0) is 8.39. The van der Waals surface area contributed by atoms with Crippen LogP contribution < -0.4 is 7.45 Å². The summed E-state index contributed by atoms with van der Waals surface area (Å²) in [6.07, 6.45) is 0. The first kappa shape index (κ1) is 7.96. The number of benzene rings is 1. The minimum atomic E-state index is -1.93. The van der Waals surface area contributed by atoms with Gasteiger partial charge in [-0.15, -0.1) is 0 Å². The van der Waals surface area contributed by atoms with Gasteiger partial charge in [-0.2, -0.15) is 0 Å². The van der Waals surface area contributed by atoms with E-state index in [1.165, 1.54) is 0 Å². The van der Waals surface area contributed by atoms with Gasteiger partial charge in [0.1, 0.15) is 0 Å². The van der Waals surface area contributed by atoms with E-state index in [-0.39, 0.29) is 0 Å². The summed E-state index contributed by atoms with van der Waals surface area (Å²) in [5.74, 6) is 1.62. The van der Waals surface area contributed by atoms with E-state index in [9.17, 15) is 0 Å². The summed E-state index contributed by atoms with van der Waals surface area (Å²) in [5.41, 5.74) is 0. The average molecular weight is 228 g/mol. The zero-order valence-corrected chi connectivity index (χ0v) is 8.57. The second kappa shape index (κ2) is 3.38. The first-order chi connectivity index (χ1) is 5.90. The molecule has 0 atom stereocenters. The molecule has 0 fully saturated rings. The quantitative estimate of drug-likeness (QED) is 0.717. The fraction of sp³-hybridized carbons (Fsp3) is 0.250. The molecule has 0 bridgehead atoms. The number of fused-ring (bicyclic) bond motifs is 1. The summed E-state index contributed by atoms with van der Waals surface area (Å²) in [5, 5.41) is 0. The summed E-state index contributed by atoms with van der Waals surface area (Å²) in [6, 6.07) is 7.63. The maximum atomic E-state index is 5.45. The van der Waals surface area contributed by atoms with Crippen LogP contribution in [-0.4, -0.2) is 22.3 Å². The van der Waals surface area contributed by atoms with Gasteiger partial charge in [0.2, 0.25) is 0 Å². The van der Waals surface area contributed by atoms with Gasteiger partial charge in [-0.3, -0.25) is 0 Å². The molecule has 4 heteroatoms. The standard InChI is InChI=1S/C8H9AsO3/c1-2-10-9-11-7-5-3-4-6-8(7)12-9/h3-6H,2H2,1H3. The van der Waals surface area contributed by atoms with Crippen LogP contribution in [0.25, 0.3) is 0 Å². The molecular formula is C8H9AsO3. The third-order valence-electron chi connectivity index (χ3n) is 1.43. The molecule has 0 saturated carbocycles. The van der Waals surface area contributed by atoms with Crippen molar-refractivity contribution < 1.29 is 11.2 Å². The molecule has 3 nitrogen and oxygen atoms in total. The number of rotatable bonds is 2. The van der Waals surface area contributed by atoms with Crippen molar-refractivity contribution in [2.75, 3.05) is 6.61 Å². The molecule has 1 aliphatic rings. The molecule has 0 amide bonds. The van der Waals surface area contributed by atoms with Crippen LogP contribution in [0.2, 0.25) is 0 Å².